The highest BCUT2D eigenvalue weighted by atomic mass is 35.5. The molecule has 2 rings (SSSR count). The summed E-state index contributed by atoms with van der Waals surface area (Å²) in [5.74, 6) is 0. The van der Waals surface area contributed by atoms with E-state index in [9.17, 15) is 8.42 Å². The van der Waals surface area contributed by atoms with Gasteiger partial charge in [0.25, 0.3) is 0 Å². The third kappa shape index (κ3) is 3.49. The van der Waals surface area contributed by atoms with E-state index in [-0.39, 0.29) is 16.5 Å². The highest BCUT2D eigenvalue weighted by molar-refractivity contribution is 7.89. The first-order valence-electron chi connectivity index (χ1n) is 6.07. The molecule has 0 radical (unpaired) electrons. The van der Waals surface area contributed by atoms with Crippen LogP contribution in [0, 0.1) is 0 Å². The van der Waals surface area contributed by atoms with Crippen molar-refractivity contribution < 1.29 is 8.42 Å². The van der Waals surface area contributed by atoms with Gasteiger partial charge in [0, 0.05) is 24.3 Å². The summed E-state index contributed by atoms with van der Waals surface area (Å²) in [5.41, 5.74) is 6.69. The Balaban J connectivity index is 2.35. The summed E-state index contributed by atoms with van der Waals surface area (Å²) in [4.78, 5) is -0.0151. The van der Waals surface area contributed by atoms with Crippen molar-refractivity contribution in [1.82, 2.24) is 4.31 Å². The van der Waals surface area contributed by atoms with Gasteiger partial charge < -0.3 is 5.73 Å². The lowest BCUT2D eigenvalue weighted by Crippen LogP contribution is -2.27. The van der Waals surface area contributed by atoms with Crippen molar-refractivity contribution in [3.05, 3.63) is 58.1 Å². The minimum absolute atomic E-state index is 0.0151. The maximum absolute atomic E-state index is 12.6. The second kappa shape index (κ2) is 6.23. The lowest BCUT2D eigenvalue weighted by Gasteiger charge is -2.19. The summed E-state index contributed by atoms with van der Waals surface area (Å²) in [6.45, 7) is 0.146. The fraction of sp³-hybridized carbons (Fsp3) is 0.143. The molecule has 0 heterocycles. The first kappa shape index (κ1) is 16.1. The van der Waals surface area contributed by atoms with Crippen LogP contribution in [0.2, 0.25) is 10.0 Å². The zero-order valence-corrected chi connectivity index (χ0v) is 13.6. The molecule has 0 atom stereocenters. The molecule has 112 valence electrons. The molecule has 0 unspecified atom stereocenters. The number of rotatable bonds is 4. The Morgan fingerprint density at radius 2 is 1.76 bits per heavy atom. The molecule has 0 saturated carbocycles. The van der Waals surface area contributed by atoms with E-state index in [1.807, 2.05) is 0 Å². The Morgan fingerprint density at radius 1 is 1.10 bits per heavy atom. The van der Waals surface area contributed by atoms with Crippen molar-refractivity contribution in [2.45, 2.75) is 11.4 Å². The fourth-order valence-electron chi connectivity index (χ4n) is 1.84. The Kier molecular flexibility index (Phi) is 4.78. The van der Waals surface area contributed by atoms with Gasteiger partial charge in [-0.1, -0.05) is 41.4 Å². The van der Waals surface area contributed by atoms with Gasteiger partial charge in [0.1, 0.15) is 4.90 Å². The van der Waals surface area contributed by atoms with Crippen molar-refractivity contribution in [3.63, 3.8) is 0 Å². The quantitative estimate of drug-likeness (QED) is 0.864. The molecule has 7 heteroatoms. The zero-order chi connectivity index (χ0) is 15.6. The first-order valence-corrected chi connectivity index (χ1v) is 8.27. The number of benzene rings is 2. The fourth-order valence-corrected chi connectivity index (χ4v) is 3.69. The smallest absolute Gasteiger partial charge is 0.244 e. The van der Waals surface area contributed by atoms with Crippen molar-refractivity contribution in [2.75, 3.05) is 12.8 Å². The van der Waals surface area contributed by atoms with E-state index in [0.717, 1.165) is 0 Å². The Labute approximate surface area is 134 Å². The molecular weight excluding hydrogens is 331 g/mol. The van der Waals surface area contributed by atoms with Gasteiger partial charge in [-0.25, -0.2) is 8.42 Å². The van der Waals surface area contributed by atoms with Crippen LogP contribution in [0.1, 0.15) is 5.56 Å². The van der Waals surface area contributed by atoms with E-state index in [4.69, 9.17) is 28.9 Å². The van der Waals surface area contributed by atoms with Crippen LogP contribution >= 0.6 is 23.2 Å². The Bertz CT molecular complexity index is 763. The topological polar surface area (TPSA) is 63.4 Å². The van der Waals surface area contributed by atoms with Gasteiger partial charge in [-0.05, 0) is 29.8 Å². The molecule has 2 aromatic rings. The van der Waals surface area contributed by atoms with Gasteiger partial charge >= 0.3 is 0 Å². The molecule has 2 aromatic carbocycles. The van der Waals surface area contributed by atoms with Crippen LogP contribution in [0.15, 0.2) is 47.4 Å². The lowest BCUT2D eigenvalue weighted by molar-refractivity contribution is 0.467. The van der Waals surface area contributed by atoms with Gasteiger partial charge in [0.05, 0.1) is 5.02 Å². The minimum Gasteiger partial charge on any atom is -0.399 e. The van der Waals surface area contributed by atoms with Gasteiger partial charge in [-0.3, -0.25) is 0 Å². The Morgan fingerprint density at radius 3 is 2.43 bits per heavy atom. The average molecular weight is 345 g/mol. The number of sulfonamides is 1. The number of nitrogen functional groups attached to an aromatic ring is 1. The van der Waals surface area contributed by atoms with E-state index in [1.54, 1.807) is 30.3 Å². The van der Waals surface area contributed by atoms with Crippen LogP contribution in [0.25, 0.3) is 0 Å². The highest BCUT2D eigenvalue weighted by Gasteiger charge is 2.24. The Hall–Kier alpha value is -1.27. The summed E-state index contributed by atoms with van der Waals surface area (Å²) in [7, 11) is -2.27. The number of nitrogens with zero attached hydrogens (tertiary/aromatic N) is 1. The molecule has 0 aliphatic rings. The summed E-state index contributed by atoms with van der Waals surface area (Å²) in [5, 5.41) is 0.647. The molecule has 0 saturated heterocycles. The number of halogens is 2. The SMILES string of the molecule is CN(Cc1ccccc1Cl)S(=O)(=O)c1cc(N)ccc1Cl. The molecule has 4 nitrogen and oxygen atoms in total. The summed E-state index contributed by atoms with van der Waals surface area (Å²) < 4.78 is 26.3. The minimum atomic E-state index is -3.74. The number of hydrogen-bond donors (Lipinski definition) is 1. The first-order chi connectivity index (χ1) is 9.82. The standard InChI is InChI=1S/C14H14Cl2N2O2S/c1-18(9-10-4-2-3-5-12(10)15)21(19,20)14-8-11(17)6-7-13(14)16/h2-8H,9,17H2,1H3. The molecule has 0 aliphatic heterocycles. The molecule has 2 N–H and O–H groups in total. The number of anilines is 1. The second-order valence-corrected chi connectivity index (χ2v) is 7.37. The largest absolute Gasteiger partial charge is 0.399 e. The van der Waals surface area contributed by atoms with Gasteiger partial charge in [-0.2, -0.15) is 4.31 Å². The number of hydrogen-bond acceptors (Lipinski definition) is 3. The summed E-state index contributed by atoms with van der Waals surface area (Å²) in [6.07, 6.45) is 0. The normalized spacial score (nSPS) is 11.8. The van der Waals surface area contributed by atoms with Crippen molar-refractivity contribution >= 4 is 38.9 Å². The monoisotopic (exact) mass is 344 g/mol. The van der Waals surface area contributed by atoms with Gasteiger partial charge in [-0.15, -0.1) is 0 Å². The van der Waals surface area contributed by atoms with E-state index in [1.165, 1.54) is 23.5 Å². The lowest BCUT2D eigenvalue weighted by atomic mass is 10.2. The van der Waals surface area contributed by atoms with E-state index < -0.39 is 10.0 Å². The van der Waals surface area contributed by atoms with Gasteiger partial charge in [0.2, 0.25) is 10.0 Å². The van der Waals surface area contributed by atoms with Crippen LogP contribution < -0.4 is 5.73 Å². The molecular formula is C14H14Cl2N2O2S. The molecule has 0 bridgehead atoms. The zero-order valence-electron chi connectivity index (χ0n) is 11.3. The predicted octanol–water partition coefficient (Wildman–Crippen LogP) is 3.40. The summed E-state index contributed by atoms with van der Waals surface area (Å²) >= 11 is 12.0. The maximum atomic E-state index is 12.6. The van der Waals surface area contributed by atoms with Crippen LogP contribution in [-0.4, -0.2) is 19.8 Å². The molecule has 0 spiro atoms. The van der Waals surface area contributed by atoms with Crippen LogP contribution in [0.4, 0.5) is 5.69 Å². The third-order valence-electron chi connectivity index (χ3n) is 2.99. The molecule has 0 aromatic heterocycles. The van der Waals surface area contributed by atoms with E-state index >= 15 is 0 Å². The van der Waals surface area contributed by atoms with Crippen molar-refractivity contribution in [2.24, 2.45) is 0 Å². The predicted molar refractivity (Wildman–Crippen MR) is 86.0 cm³/mol. The number of nitrogens with two attached hydrogens (primary N) is 1. The molecule has 0 fully saturated rings. The molecule has 21 heavy (non-hydrogen) atoms. The average Bonchev–Trinajstić information content (AvgIpc) is 2.43. The van der Waals surface area contributed by atoms with Crippen molar-refractivity contribution in [1.29, 1.82) is 0 Å². The summed E-state index contributed by atoms with van der Waals surface area (Å²) in [6, 6.07) is 11.4. The van der Waals surface area contributed by atoms with E-state index in [0.29, 0.717) is 16.3 Å². The molecule has 0 amide bonds. The van der Waals surface area contributed by atoms with Crippen LogP contribution in [-0.2, 0) is 16.6 Å². The van der Waals surface area contributed by atoms with Gasteiger partial charge in [0.15, 0.2) is 0 Å². The van der Waals surface area contributed by atoms with Crippen LogP contribution in [0.3, 0.4) is 0 Å². The highest BCUT2D eigenvalue weighted by Crippen LogP contribution is 2.27. The second-order valence-electron chi connectivity index (χ2n) is 4.54. The maximum Gasteiger partial charge on any atom is 0.244 e. The molecule has 0 aliphatic carbocycles. The third-order valence-corrected chi connectivity index (χ3v) is 5.65. The van der Waals surface area contributed by atoms with Crippen LogP contribution in [0.5, 0.6) is 0 Å². The van der Waals surface area contributed by atoms with Crippen molar-refractivity contribution in [3.8, 4) is 0 Å². The van der Waals surface area contributed by atoms with E-state index in [2.05, 4.69) is 0 Å².